The van der Waals surface area contributed by atoms with Crippen LogP contribution >= 0.6 is 11.8 Å². The summed E-state index contributed by atoms with van der Waals surface area (Å²) < 4.78 is 0. The van der Waals surface area contributed by atoms with Gasteiger partial charge in [-0.05, 0) is 24.1 Å². The van der Waals surface area contributed by atoms with Crippen LogP contribution in [0.4, 0.5) is 11.4 Å². The summed E-state index contributed by atoms with van der Waals surface area (Å²) >= 11 is 1.11. The van der Waals surface area contributed by atoms with Gasteiger partial charge in [-0.25, -0.2) is 0 Å². The van der Waals surface area contributed by atoms with Crippen LogP contribution in [-0.4, -0.2) is 29.0 Å². The van der Waals surface area contributed by atoms with Crippen molar-refractivity contribution in [3.05, 3.63) is 80.9 Å². The van der Waals surface area contributed by atoms with Crippen molar-refractivity contribution in [2.24, 2.45) is 0 Å². The number of likely N-dealkylation sites (N-methyl/N-ethyl adjacent to an activating group) is 1. The molecule has 3 rings (SSSR count). The Morgan fingerprint density at radius 3 is 2.62 bits per heavy atom. The monoisotopic (exact) mass is 408 g/mol. The van der Waals surface area contributed by atoms with Gasteiger partial charge in [0.25, 0.3) is 11.6 Å². The molecule has 9 heteroatoms. The molecule has 1 heterocycles. The lowest BCUT2D eigenvalue weighted by molar-refractivity contribution is -0.384. The van der Waals surface area contributed by atoms with E-state index in [-0.39, 0.29) is 28.6 Å². The second kappa shape index (κ2) is 8.58. The first kappa shape index (κ1) is 20.1. The molecule has 1 aliphatic rings. The lowest BCUT2D eigenvalue weighted by atomic mass is 10.1. The van der Waals surface area contributed by atoms with Gasteiger partial charge in [0.15, 0.2) is 0 Å². The predicted octanol–water partition coefficient (Wildman–Crippen LogP) is 2.77. The summed E-state index contributed by atoms with van der Waals surface area (Å²) in [6.07, 6.45) is 0.227. The van der Waals surface area contributed by atoms with Gasteiger partial charge in [0, 0.05) is 24.9 Å². The number of nitro benzene ring substituents is 1. The highest BCUT2D eigenvalue weighted by Gasteiger charge is 2.40. The molecule has 146 valence electrons. The molecule has 1 aliphatic heterocycles. The Labute approximate surface area is 171 Å². The number of non-ortho nitro benzene ring substituents is 1. The highest BCUT2D eigenvalue weighted by molar-refractivity contribution is 8.05. The van der Waals surface area contributed by atoms with Crippen molar-refractivity contribution in [3.63, 3.8) is 0 Å². The molecule has 1 saturated heterocycles. The maximum Gasteiger partial charge on any atom is 0.269 e. The average Bonchev–Trinajstić information content (AvgIpc) is 3.05. The molecular weight excluding hydrogens is 392 g/mol. The third-order valence-electron chi connectivity index (χ3n) is 4.29. The number of amides is 2. The van der Waals surface area contributed by atoms with Crippen molar-refractivity contribution in [1.29, 1.82) is 5.26 Å². The molecule has 2 amide bonds. The summed E-state index contributed by atoms with van der Waals surface area (Å²) in [6.45, 7) is 0. The topological polar surface area (TPSA) is 116 Å². The lowest BCUT2D eigenvalue weighted by Crippen LogP contribution is -2.31. The van der Waals surface area contributed by atoms with Crippen LogP contribution in [-0.2, 0) is 16.0 Å². The molecule has 2 aromatic carbocycles. The Balaban J connectivity index is 2.02. The average molecular weight is 408 g/mol. The summed E-state index contributed by atoms with van der Waals surface area (Å²) in [6, 6.07) is 16.7. The van der Waals surface area contributed by atoms with Crippen LogP contribution in [0.5, 0.6) is 0 Å². The number of carbonyl (C=O) groups excluding carboxylic acids is 2. The van der Waals surface area contributed by atoms with Crippen LogP contribution in [0.25, 0.3) is 0 Å². The molecule has 29 heavy (non-hydrogen) atoms. The molecule has 1 N–H and O–H groups in total. The second-order valence-corrected chi connectivity index (χ2v) is 7.31. The van der Waals surface area contributed by atoms with E-state index in [1.54, 1.807) is 42.5 Å². The van der Waals surface area contributed by atoms with E-state index in [0.29, 0.717) is 11.3 Å². The van der Waals surface area contributed by atoms with E-state index in [4.69, 9.17) is 0 Å². The fourth-order valence-electron chi connectivity index (χ4n) is 2.93. The first-order valence-corrected chi connectivity index (χ1v) is 9.49. The van der Waals surface area contributed by atoms with E-state index in [1.807, 2.05) is 6.07 Å². The number of carbonyl (C=O) groups is 2. The van der Waals surface area contributed by atoms with Gasteiger partial charge in [-0.2, -0.15) is 5.26 Å². The van der Waals surface area contributed by atoms with Crippen LogP contribution in [0.3, 0.4) is 0 Å². The molecule has 1 unspecified atom stereocenters. The summed E-state index contributed by atoms with van der Waals surface area (Å²) in [4.78, 5) is 37.2. The first-order chi connectivity index (χ1) is 14.0. The number of anilines is 1. The van der Waals surface area contributed by atoms with Crippen molar-refractivity contribution < 1.29 is 14.5 Å². The summed E-state index contributed by atoms with van der Waals surface area (Å²) in [5, 5.41) is 22.6. The Kier molecular flexibility index (Phi) is 5.95. The number of thioether (sulfide) groups is 1. The SMILES string of the molecule is CNC(=O)C(C#N)=C1SC(Cc2cccc([N+](=O)[O-])c2)C(=O)N1c1ccccc1. The summed E-state index contributed by atoms with van der Waals surface area (Å²) in [7, 11) is 1.41. The molecule has 0 radical (unpaired) electrons. The highest BCUT2D eigenvalue weighted by Crippen LogP contribution is 2.41. The van der Waals surface area contributed by atoms with Gasteiger partial charge >= 0.3 is 0 Å². The van der Waals surface area contributed by atoms with Gasteiger partial charge in [0.1, 0.15) is 16.7 Å². The fraction of sp³-hybridized carbons (Fsp3) is 0.150. The number of nitro groups is 1. The minimum atomic E-state index is -0.625. The number of para-hydroxylation sites is 1. The zero-order valence-corrected chi connectivity index (χ0v) is 16.2. The second-order valence-electron chi connectivity index (χ2n) is 6.12. The number of hydrogen-bond acceptors (Lipinski definition) is 6. The van der Waals surface area contributed by atoms with Crippen LogP contribution in [0, 0.1) is 21.4 Å². The zero-order chi connectivity index (χ0) is 21.0. The molecule has 0 aliphatic carbocycles. The van der Waals surface area contributed by atoms with Crippen molar-refractivity contribution in [2.45, 2.75) is 11.7 Å². The van der Waals surface area contributed by atoms with Gasteiger partial charge in [-0.3, -0.25) is 24.6 Å². The van der Waals surface area contributed by atoms with Crippen molar-refractivity contribution in [2.75, 3.05) is 11.9 Å². The standard InChI is InChI=1S/C20H16N4O4S/c1-22-18(25)16(12-21)20-23(14-7-3-2-4-8-14)19(26)17(29-20)11-13-6-5-9-15(10-13)24(27)28/h2-10,17H,11H2,1H3,(H,22,25). The zero-order valence-electron chi connectivity index (χ0n) is 15.4. The Morgan fingerprint density at radius 1 is 1.28 bits per heavy atom. The molecule has 8 nitrogen and oxygen atoms in total. The Morgan fingerprint density at radius 2 is 2.00 bits per heavy atom. The van der Waals surface area contributed by atoms with Crippen molar-refractivity contribution in [3.8, 4) is 6.07 Å². The maximum atomic E-state index is 13.2. The lowest BCUT2D eigenvalue weighted by Gasteiger charge is -2.18. The first-order valence-electron chi connectivity index (χ1n) is 8.61. The number of nitrogens with zero attached hydrogens (tertiary/aromatic N) is 3. The van der Waals surface area contributed by atoms with E-state index in [2.05, 4.69) is 5.32 Å². The van der Waals surface area contributed by atoms with Crippen LogP contribution in [0.1, 0.15) is 5.56 Å². The summed E-state index contributed by atoms with van der Waals surface area (Å²) in [5.74, 6) is -0.876. The largest absolute Gasteiger partial charge is 0.354 e. The van der Waals surface area contributed by atoms with Gasteiger partial charge in [-0.15, -0.1) is 0 Å². The Hall–Kier alpha value is -3.64. The fourth-order valence-corrected chi connectivity index (χ4v) is 4.24. The van der Waals surface area contributed by atoms with Crippen molar-refractivity contribution in [1.82, 2.24) is 5.32 Å². The van der Waals surface area contributed by atoms with Crippen LogP contribution in [0.15, 0.2) is 65.2 Å². The normalized spacial score (nSPS) is 17.6. The molecule has 2 aromatic rings. The van der Waals surface area contributed by atoms with Gasteiger partial charge in [0.2, 0.25) is 5.91 Å². The number of nitriles is 1. The van der Waals surface area contributed by atoms with E-state index >= 15 is 0 Å². The van der Waals surface area contributed by atoms with E-state index < -0.39 is 16.1 Å². The maximum absolute atomic E-state index is 13.2. The van der Waals surface area contributed by atoms with Gasteiger partial charge in [0.05, 0.1) is 10.2 Å². The third kappa shape index (κ3) is 4.12. The van der Waals surface area contributed by atoms with Gasteiger partial charge in [-0.1, -0.05) is 42.1 Å². The molecule has 0 spiro atoms. The van der Waals surface area contributed by atoms with Crippen LogP contribution < -0.4 is 10.2 Å². The van der Waals surface area contributed by atoms with E-state index in [9.17, 15) is 25.0 Å². The molecular formula is C20H16N4O4S. The number of benzene rings is 2. The molecule has 0 saturated carbocycles. The molecule has 0 aromatic heterocycles. The molecule has 0 bridgehead atoms. The van der Waals surface area contributed by atoms with Crippen LogP contribution in [0.2, 0.25) is 0 Å². The van der Waals surface area contributed by atoms with Crippen molar-refractivity contribution >= 4 is 35.0 Å². The smallest absolute Gasteiger partial charge is 0.269 e. The third-order valence-corrected chi connectivity index (χ3v) is 5.55. The minimum absolute atomic E-state index is 0.0586. The predicted molar refractivity (Wildman–Crippen MR) is 109 cm³/mol. The Bertz CT molecular complexity index is 1050. The van der Waals surface area contributed by atoms with E-state index in [1.165, 1.54) is 24.1 Å². The molecule has 1 atom stereocenters. The summed E-state index contributed by atoms with van der Waals surface area (Å²) in [5.41, 5.74) is 0.948. The highest BCUT2D eigenvalue weighted by atomic mass is 32.2. The number of rotatable bonds is 5. The van der Waals surface area contributed by atoms with Gasteiger partial charge < -0.3 is 5.32 Å². The quantitative estimate of drug-likeness (QED) is 0.352. The number of nitrogens with one attached hydrogen (secondary N) is 1. The molecule has 1 fully saturated rings. The minimum Gasteiger partial charge on any atom is -0.354 e. The van der Waals surface area contributed by atoms with E-state index in [0.717, 1.165) is 11.8 Å². The number of hydrogen-bond donors (Lipinski definition) is 1.